The lowest BCUT2D eigenvalue weighted by Gasteiger charge is -2.62. The molecule has 0 aromatic carbocycles. The van der Waals surface area contributed by atoms with Crippen LogP contribution in [0.25, 0.3) is 0 Å². The predicted molar refractivity (Wildman–Crippen MR) is 107 cm³/mol. The quantitative estimate of drug-likeness (QED) is 0.696. The van der Waals surface area contributed by atoms with Crippen molar-refractivity contribution in [2.75, 3.05) is 13.6 Å². The van der Waals surface area contributed by atoms with Gasteiger partial charge in [0.15, 0.2) is 0 Å². The van der Waals surface area contributed by atoms with Gasteiger partial charge in [-0.3, -0.25) is 9.59 Å². The number of carbonyl (C=O) groups excluding carboxylic acids is 2. The number of rotatable bonds is 4. The van der Waals surface area contributed by atoms with E-state index >= 15 is 0 Å². The van der Waals surface area contributed by atoms with Crippen molar-refractivity contribution in [2.45, 2.75) is 90.6 Å². The molecule has 1 heterocycles. The molecule has 0 bridgehead atoms. The zero-order valence-electron chi connectivity index (χ0n) is 17.7. The van der Waals surface area contributed by atoms with Crippen LogP contribution >= 0.6 is 0 Å². The standard InChI is InChI=1S/C23H38N2O2/c1-5-14-25(15-26)20-9-7-17-16-6-8-19-22(2,13-11-21(27)24(19)4)18(16)10-12-23(17,20)3/h15-20H,5-14H2,1-4H3/t16-,17-,18+,19?,20?,22+,23-/m0/s1. The van der Waals surface area contributed by atoms with Crippen LogP contribution in [0.15, 0.2) is 0 Å². The number of piperidine rings is 1. The second-order valence-corrected chi connectivity index (χ2v) is 10.5. The molecule has 27 heavy (non-hydrogen) atoms. The van der Waals surface area contributed by atoms with Crippen LogP contribution in [0.5, 0.6) is 0 Å². The van der Waals surface area contributed by atoms with Gasteiger partial charge in [0.25, 0.3) is 0 Å². The summed E-state index contributed by atoms with van der Waals surface area (Å²) in [6.45, 7) is 8.05. The van der Waals surface area contributed by atoms with E-state index in [2.05, 4.69) is 30.6 Å². The maximum absolute atomic E-state index is 12.3. The highest BCUT2D eigenvalue weighted by Gasteiger charge is 2.61. The average molecular weight is 375 g/mol. The Kier molecular flexibility index (Phi) is 4.83. The van der Waals surface area contributed by atoms with E-state index in [9.17, 15) is 9.59 Å². The first-order valence-electron chi connectivity index (χ1n) is 11.3. The molecule has 3 saturated carbocycles. The molecule has 7 atom stereocenters. The van der Waals surface area contributed by atoms with E-state index < -0.39 is 0 Å². The Hall–Kier alpha value is -1.06. The summed E-state index contributed by atoms with van der Waals surface area (Å²) in [6, 6.07) is 0.871. The summed E-state index contributed by atoms with van der Waals surface area (Å²) in [6.07, 6.45) is 11.4. The summed E-state index contributed by atoms with van der Waals surface area (Å²) in [5.41, 5.74) is 0.579. The van der Waals surface area contributed by atoms with Crippen molar-refractivity contribution in [2.24, 2.45) is 28.6 Å². The number of amides is 2. The van der Waals surface area contributed by atoms with E-state index in [0.29, 0.717) is 23.4 Å². The van der Waals surface area contributed by atoms with E-state index in [1.165, 1.54) is 38.5 Å². The number of fused-ring (bicyclic) bond motifs is 5. The molecule has 0 N–H and O–H groups in total. The fraction of sp³-hybridized carbons (Fsp3) is 0.913. The first-order valence-corrected chi connectivity index (χ1v) is 11.3. The monoisotopic (exact) mass is 374 g/mol. The van der Waals surface area contributed by atoms with Crippen LogP contribution in [-0.4, -0.2) is 47.8 Å². The third-order valence-corrected chi connectivity index (χ3v) is 9.52. The third kappa shape index (κ3) is 2.68. The van der Waals surface area contributed by atoms with E-state index in [0.717, 1.165) is 50.0 Å². The summed E-state index contributed by atoms with van der Waals surface area (Å²) in [5, 5.41) is 0. The lowest BCUT2D eigenvalue weighted by atomic mass is 9.47. The molecular formula is C23H38N2O2. The maximum atomic E-state index is 12.3. The highest BCUT2D eigenvalue weighted by Crippen LogP contribution is 2.65. The number of likely N-dealkylation sites (tertiary alicyclic amines) is 1. The molecule has 0 aromatic rings. The number of hydrogen-bond donors (Lipinski definition) is 0. The lowest BCUT2D eigenvalue weighted by molar-refractivity contribution is -0.159. The number of hydrogen-bond acceptors (Lipinski definition) is 2. The van der Waals surface area contributed by atoms with E-state index in [4.69, 9.17) is 0 Å². The smallest absolute Gasteiger partial charge is 0.222 e. The van der Waals surface area contributed by atoms with Gasteiger partial charge in [0.2, 0.25) is 12.3 Å². The van der Waals surface area contributed by atoms with Crippen LogP contribution in [-0.2, 0) is 9.59 Å². The molecule has 2 amide bonds. The number of carbonyl (C=O) groups is 2. The SMILES string of the molecule is CCCN(C=O)C1CC[C@H]2[C@@H]3CCC4N(C)C(=O)CC[C@]4(C)[C@@H]3CC[C@]12C. The maximum Gasteiger partial charge on any atom is 0.222 e. The minimum absolute atomic E-state index is 0.289. The van der Waals surface area contributed by atoms with Gasteiger partial charge in [0.05, 0.1) is 0 Å². The minimum Gasteiger partial charge on any atom is -0.342 e. The van der Waals surface area contributed by atoms with Crippen molar-refractivity contribution in [3.05, 3.63) is 0 Å². The van der Waals surface area contributed by atoms with Gasteiger partial charge in [-0.2, -0.15) is 0 Å². The first kappa shape index (κ1) is 19.3. The predicted octanol–water partition coefficient (Wildman–Crippen LogP) is 4.09. The summed E-state index contributed by atoms with van der Waals surface area (Å²) < 4.78 is 0. The van der Waals surface area contributed by atoms with Crippen molar-refractivity contribution in [3.63, 3.8) is 0 Å². The van der Waals surface area contributed by atoms with Crippen LogP contribution in [0.3, 0.4) is 0 Å². The normalized spacial score (nSPS) is 46.4. The fourth-order valence-corrected chi connectivity index (χ4v) is 8.21. The summed E-state index contributed by atoms with van der Waals surface area (Å²) in [5.74, 6) is 2.63. The summed E-state index contributed by atoms with van der Waals surface area (Å²) in [7, 11) is 2.04. The molecule has 0 spiro atoms. The molecule has 2 unspecified atom stereocenters. The second-order valence-electron chi connectivity index (χ2n) is 10.5. The Morgan fingerprint density at radius 2 is 1.81 bits per heavy atom. The second kappa shape index (κ2) is 6.77. The van der Waals surface area contributed by atoms with E-state index in [-0.39, 0.29) is 5.41 Å². The van der Waals surface area contributed by atoms with E-state index in [1.54, 1.807) is 0 Å². The van der Waals surface area contributed by atoms with Gasteiger partial charge in [0, 0.05) is 32.1 Å². The average Bonchev–Trinajstić information content (AvgIpc) is 3.00. The molecule has 4 aliphatic rings. The van der Waals surface area contributed by atoms with Crippen molar-refractivity contribution in [3.8, 4) is 0 Å². The molecule has 0 radical (unpaired) electrons. The van der Waals surface area contributed by atoms with Crippen molar-refractivity contribution in [1.82, 2.24) is 9.80 Å². The Morgan fingerprint density at radius 1 is 1.07 bits per heavy atom. The largest absolute Gasteiger partial charge is 0.342 e. The Labute approximate surface area is 165 Å². The van der Waals surface area contributed by atoms with Crippen LogP contribution in [0.4, 0.5) is 0 Å². The summed E-state index contributed by atoms with van der Waals surface area (Å²) >= 11 is 0. The Bertz CT molecular complexity index is 607. The minimum atomic E-state index is 0.289. The van der Waals surface area contributed by atoms with Crippen LogP contribution in [0.1, 0.15) is 78.6 Å². The molecule has 4 nitrogen and oxygen atoms in total. The fourth-order valence-electron chi connectivity index (χ4n) is 8.21. The molecular weight excluding hydrogens is 336 g/mol. The highest BCUT2D eigenvalue weighted by atomic mass is 16.2. The van der Waals surface area contributed by atoms with Gasteiger partial charge in [-0.25, -0.2) is 0 Å². The molecule has 4 heteroatoms. The van der Waals surface area contributed by atoms with E-state index in [1.807, 2.05) is 7.05 Å². The van der Waals surface area contributed by atoms with Gasteiger partial charge in [-0.1, -0.05) is 20.8 Å². The molecule has 0 aromatic heterocycles. The highest BCUT2D eigenvalue weighted by molar-refractivity contribution is 5.77. The van der Waals surface area contributed by atoms with Crippen molar-refractivity contribution in [1.29, 1.82) is 0 Å². The third-order valence-electron chi connectivity index (χ3n) is 9.52. The molecule has 1 saturated heterocycles. The first-order chi connectivity index (χ1) is 12.9. The topological polar surface area (TPSA) is 40.6 Å². The Morgan fingerprint density at radius 3 is 2.52 bits per heavy atom. The van der Waals surface area contributed by atoms with Crippen LogP contribution < -0.4 is 0 Å². The van der Waals surface area contributed by atoms with Gasteiger partial charge < -0.3 is 9.80 Å². The molecule has 4 rings (SSSR count). The van der Waals surface area contributed by atoms with Gasteiger partial charge in [0.1, 0.15) is 0 Å². The van der Waals surface area contributed by atoms with Crippen LogP contribution in [0.2, 0.25) is 0 Å². The van der Waals surface area contributed by atoms with Crippen molar-refractivity contribution < 1.29 is 9.59 Å². The van der Waals surface area contributed by atoms with Gasteiger partial charge >= 0.3 is 0 Å². The molecule has 3 aliphatic carbocycles. The molecule has 152 valence electrons. The van der Waals surface area contributed by atoms with Crippen LogP contribution in [0, 0.1) is 28.6 Å². The van der Waals surface area contributed by atoms with Gasteiger partial charge in [-0.05, 0) is 80.0 Å². The summed E-state index contributed by atoms with van der Waals surface area (Å²) in [4.78, 5) is 28.3. The molecule has 4 fully saturated rings. The molecule has 1 aliphatic heterocycles. The van der Waals surface area contributed by atoms with Crippen molar-refractivity contribution >= 4 is 12.3 Å². The number of nitrogens with zero attached hydrogens (tertiary/aromatic N) is 2. The van der Waals surface area contributed by atoms with Gasteiger partial charge in [-0.15, -0.1) is 0 Å². The zero-order chi connectivity index (χ0) is 19.4. The lowest BCUT2D eigenvalue weighted by Crippen LogP contribution is -2.62. The Balaban J connectivity index is 1.59. The zero-order valence-corrected chi connectivity index (χ0v) is 17.7.